The Labute approximate surface area is 130 Å². The third kappa shape index (κ3) is 2.98. The summed E-state index contributed by atoms with van der Waals surface area (Å²) in [7, 11) is 0. The van der Waals surface area contributed by atoms with Crippen molar-refractivity contribution in [3.63, 3.8) is 0 Å². The van der Waals surface area contributed by atoms with E-state index in [-0.39, 0.29) is 5.75 Å². The summed E-state index contributed by atoms with van der Waals surface area (Å²) in [6.07, 6.45) is 6.88. The molecule has 1 aromatic carbocycles. The van der Waals surface area contributed by atoms with Crippen LogP contribution in [0.3, 0.4) is 0 Å². The molecule has 0 unspecified atom stereocenters. The predicted octanol–water partition coefficient (Wildman–Crippen LogP) is 2.71. The molecular formula is C17H22N4O. The Hall–Kier alpha value is -2.30. The van der Waals surface area contributed by atoms with Gasteiger partial charge in [0.2, 0.25) is 5.95 Å². The van der Waals surface area contributed by atoms with E-state index in [1.54, 1.807) is 6.07 Å². The third-order valence-electron chi connectivity index (χ3n) is 4.40. The van der Waals surface area contributed by atoms with Crippen molar-refractivity contribution in [2.45, 2.75) is 32.1 Å². The van der Waals surface area contributed by atoms with E-state index in [1.807, 2.05) is 24.5 Å². The molecule has 1 aliphatic heterocycles. The average Bonchev–Trinajstić information content (AvgIpc) is 2.58. The van der Waals surface area contributed by atoms with Crippen molar-refractivity contribution in [2.75, 3.05) is 23.7 Å². The van der Waals surface area contributed by atoms with Gasteiger partial charge in [-0.3, -0.25) is 0 Å². The summed E-state index contributed by atoms with van der Waals surface area (Å²) in [5.41, 5.74) is 8.62. The molecule has 116 valence electrons. The monoisotopic (exact) mass is 298 g/mol. The van der Waals surface area contributed by atoms with E-state index in [0.29, 0.717) is 11.6 Å². The summed E-state index contributed by atoms with van der Waals surface area (Å²) in [6.45, 7) is 3.99. The molecule has 5 nitrogen and oxygen atoms in total. The predicted molar refractivity (Wildman–Crippen MR) is 88.1 cm³/mol. The van der Waals surface area contributed by atoms with Gasteiger partial charge in [0.25, 0.3) is 0 Å². The number of aromatic nitrogens is 2. The molecule has 5 heteroatoms. The number of rotatable bonds is 3. The van der Waals surface area contributed by atoms with E-state index in [0.717, 1.165) is 38.3 Å². The van der Waals surface area contributed by atoms with Crippen LogP contribution in [0.1, 0.15) is 36.8 Å². The van der Waals surface area contributed by atoms with E-state index in [4.69, 9.17) is 5.73 Å². The molecule has 2 heterocycles. The Morgan fingerprint density at radius 1 is 1.23 bits per heavy atom. The van der Waals surface area contributed by atoms with Gasteiger partial charge in [0, 0.05) is 25.5 Å². The number of hydrogen-bond donors (Lipinski definition) is 2. The van der Waals surface area contributed by atoms with E-state index in [1.165, 1.54) is 11.1 Å². The van der Waals surface area contributed by atoms with Crippen molar-refractivity contribution < 1.29 is 5.11 Å². The lowest BCUT2D eigenvalue weighted by molar-refractivity contribution is 0.475. The van der Waals surface area contributed by atoms with Gasteiger partial charge in [-0.15, -0.1) is 0 Å². The van der Waals surface area contributed by atoms with Crippen LogP contribution in [-0.4, -0.2) is 28.2 Å². The molecule has 3 N–H and O–H groups in total. The van der Waals surface area contributed by atoms with Gasteiger partial charge in [-0.1, -0.05) is 13.0 Å². The Bertz CT molecular complexity index is 634. The first kappa shape index (κ1) is 14.6. The Morgan fingerprint density at radius 3 is 2.50 bits per heavy atom. The highest BCUT2D eigenvalue weighted by Crippen LogP contribution is 2.32. The summed E-state index contributed by atoms with van der Waals surface area (Å²) in [5.74, 6) is 1.46. The van der Waals surface area contributed by atoms with Gasteiger partial charge < -0.3 is 15.7 Å². The maximum absolute atomic E-state index is 9.53. The Morgan fingerprint density at radius 2 is 1.91 bits per heavy atom. The van der Waals surface area contributed by atoms with Gasteiger partial charge in [0.15, 0.2) is 0 Å². The van der Waals surface area contributed by atoms with E-state index in [9.17, 15) is 5.11 Å². The summed E-state index contributed by atoms with van der Waals surface area (Å²) in [6, 6.07) is 5.55. The first-order valence-corrected chi connectivity index (χ1v) is 7.81. The molecule has 1 fully saturated rings. The molecule has 0 bridgehead atoms. The number of benzene rings is 1. The van der Waals surface area contributed by atoms with Gasteiger partial charge in [0.1, 0.15) is 5.75 Å². The number of phenolic OH excluding ortho intramolecular Hbond substituents is 1. The summed E-state index contributed by atoms with van der Waals surface area (Å²) >= 11 is 0. The minimum absolute atomic E-state index is 0.158. The van der Waals surface area contributed by atoms with Crippen molar-refractivity contribution in [3.05, 3.63) is 41.7 Å². The summed E-state index contributed by atoms with van der Waals surface area (Å²) in [5, 5.41) is 9.53. The second kappa shape index (κ2) is 6.22. The van der Waals surface area contributed by atoms with Crippen molar-refractivity contribution in [3.8, 4) is 5.75 Å². The topological polar surface area (TPSA) is 75.3 Å². The molecule has 0 saturated carbocycles. The van der Waals surface area contributed by atoms with Crippen LogP contribution < -0.4 is 10.6 Å². The largest absolute Gasteiger partial charge is 0.506 e. The number of aromatic hydroxyl groups is 1. The van der Waals surface area contributed by atoms with Crippen molar-refractivity contribution in [1.82, 2.24) is 9.97 Å². The highest BCUT2D eigenvalue weighted by atomic mass is 16.3. The zero-order chi connectivity index (χ0) is 15.5. The lowest BCUT2D eigenvalue weighted by Crippen LogP contribution is -2.34. The molecule has 0 aliphatic carbocycles. The highest BCUT2D eigenvalue weighted by Gasteiger charge is 2.22. The molecule has 0 atom stereocenters. The molecule has 3 rings (SSSR count). The minimum Gasteiger partial charge on any atom is -0.506 e. The fourth-order valence-corrected chi connectivity index (χ4v) is 2.93. The van der Waals surface area contributed by atoms with E-state index < -0.39 is 0 Å². The second-order valence-corrected chi connectivity index (χ2v) is 5.82. The van der Waals surface area contributed by atoms with Crippen LogP contribution in [0.4, 0.5) is 11.6 Å². The number of hydrogen-bond acceptors (Lipinski definition) is 5. The average molecular weight is 298 g/mol. The van der Waals surface area contributed by atoms with Crippen LogP contribution in [-0.2, 0) is 6.42 Å². The fourth-order valence-electron chi connectivity index (χ4n) is 2.93. The number of anilines is 2. The van der Waals surface area contributed by atoms with Gasteiger partial charge in [-0.25, -0.2) is 9.97 Å². The number of phenols is 1. The third-order valence-corrected chi connectivity index (χ3v) is 4.40. The van der Waals surface area contributed by atoms with Crippen LogP contribution >= 0.6 is 0 Å². The second-order valence-electron chi connectivity index (χ2n) is 5.82. The first-order valence-electron chi connectivity index (χ1n) is 7.81. The van der Waals surface area contributed by atoms with Crippen LogP contribution in [0.15, 0.2) is 30.6 Å². The van der Waals surface area contributed by atoms with Crippen molar-refractivity contribution >= 4 is 11.6 Å². The number of piperidine rings is 1. The van der Waals surface area contributed by atoms with E-state index in [2.05, 4.69) is 21.8 Å². The minimum atomic E-state index is 0.158. The molecule has 1 aromatic heterocycles. The molecule has 2 aromatic rings. The van der Waals surface area contributed by atoms with E-state index >= 15 is 0 Å². The van der Waals surface area contributed by atoms with Crippen LogP contribution in [0.5, 0.6) is 5.75 Å². The summed E-state index contributed by atoms with van der Waals surface area (Å²) in [4.78, 5) is 11.2. The molecule has 0 radical (unpaired) electrons. The molecular weight excluding hydrogens is 276 g/mol. The van der Waals surface area contributed by atoms with Crippen LogP contribution in [0, 0.1) is 0 Å². The smallest absolute Gasteiger partial charge is 0.225 e. The Kier molecular flexibility index (Phi) is 4.13. The standard InChI is InChI=1S/C17H22N4O/c1-2-12-10-19-17(20-11-12)21-7-5-13(6-8-21)14-3-4-16(22)15(18)9-14/h3-4,9-11,13,22H,2,5-8,18H2,1H3. The number of nitrogens with two attached hydrogens (primary N) is 1. The van der Waals surface area contributed by atoms with Gasteiger partial charge in [-0.05, 0) is 48.4 Å². The lowest BCUT2D eigenvalue weighted by Gasteiger charge is -2.32. The quantitative estimate of drug-likeness (QED) is 0.673. The van der Waals surface area contributed by atoms with Crippen LogP contribution in [0.25, 0.3) is 0 Å². The van der Waals surface area contributed by atoms with Crippen molar-refractivity contribution in [2.24, 2.45) is 0 Å². The van der Waals surface area contributed by atoms with Gasteiger partial charge in [0.05, 0.1) is 5.69 Å². The Balaban J connectivity index is 1.65. The molecule has 22 heavy (non-hydrogen) atoms. The molecule has 1 saturated heterocycles. The maximum Gasteiger partial charge on any atom is 0.225 e. The first-order chi connectivity index (χ1) is 10.7. The number of aryl methyl sites for hydroxylation is 1. The normalized spacial score (nSPS) is 16.0. The molecule has 0 amide bonds. The number of nitrogens with zero attached hydrogens (tertiary/aromatic N) is 3. The zero-order valence-electron chi connectivity index (χ0n) is 12.9. The maximum atomic E-state index is 9.53. The van der Waals surface area contributed by atoms with Crippen LogP contribution in [0.2, 0.25) is 0 Å². The molecule has 0 spiro atoms. The highest BCUT2D eigenvalue weighted by molar-refractivity contribution is 5.54. The zero-order valence-corrected chi connectivity index (χ0v) is 12.9. The fraction of sp³-hybridized carbons (Fsp3) is 0.412. The van der Waals surface area contributed by atoms with Gasteiger partial charge in [-0.2, -0.15) is 0 Å². The number of nitrogen functional groups attached to an aromatic ring is 1. The van der Waals surface area contributed by atoms with Crippen molar-refractivity contribution in [1.29, 1.82) is 0 Å². The van der Waals surface area contributed by atoms with Gasteiger partial charge >= 0.3 is 0 Å². The lowest BCUT2D eigenvalue weighted by atomic mass is 9.89. The summed E-state index contributed by atoms with van der Waals surface area (Å²) < 4.78 is 0. The molecule has 1 aliphatic rings. The SMILES string of the molecule is CCc1cnc(N2CCC(c3ccc(O)c(N)c3)CC2)nc1.